The van der Waals surface area contributed by atoms with Crippen LogP contribution in [0.15, 0.2) is 34.8 Å². The van der Waals surface area contributed by atoms with E-state index in [2.05, 4.69) is 15.9 Å². The Morgan fingerprint density at radius 1 is 1.19 bits per heavy atom. The zero-order chi connectivity index (χ0) is 15.6. The fourth-order valence-corrected chi connectivity index (χ4v) is 2.21. The number of nitro benzene ring substituents is 1. The summed E-state index contributed by atoms with van der Waals surface area (Å²) in [7, 11) is 0. The number of hydrogen-bond acceptors (Lipinski definition) is 4. The highest BCUT2D eigenvalue weighted by atomic mass is 79.9. The number of ether oxygens (including phenoxy) is 1. The Hall–Kier alpha value is -1.81. The van der Waals surface area contributed by atoms with Gasteiger partial charge in [0.2, 0.25) is 5.75 Å². The lowest BCUT2D eigenvalue weighted by Crippen LogP contribution is -1.95. The summed E-state index contributed by atoms with van der Waals surface area (Å²) >= 11 is 14.8. The highest BCUT2D eigenvalue weighted by molar-refractivity contribution is 9.10. The van der Waals surface area contributed by atoms with Crippen molar-refractivity contribution in [2.75, 3.05) is 0 Å². The van der Waals surface area contributed by atoms with Crippen molar-refractivity contribution < 1.29 is 9.66 Å². The fourth-order valence-electron chi connectivity index (χ4n) is 1.54. The molecule has 0 radical (unpaired) electrons. The molecule has 106 valence electrons. The van der Waals surface area contributed by atoms with Crippen molar-refractivity contribution in [3.63, 3.8) is 0 Å². The van der Waals surface area contributed by atoms with Crippen molar-refractivity contribution in [2.24, 2.45) is 0 Å². The molecule has 0 spiro atoms. The first kappa shape index (κ1) is 15.6. The van der Waals surface area contributed by atoms with Gasteiger partial charge < -0.3 is 4.74 Å². The molecular formula is C13H5BrCl2N2O3. The summed E-state index contributed by atoms with van der Waals surface area (Å²) in [5.41, 5.74) is -0.110. The number of benzene rings is 2. The molecule has 0 unspecified atom stereocenters. The van der Waals surface area contributed by atoms with Crippen LogP contribution in [-0.2, 0) is 0 Å². The molecule has 0 aliphatic heterocycles. The second kappa shape index (κ2) is 6.31. The monoisotopic (exact) mass is 386 g/mol. The van der Waals surface area contributed by atoms with Crippen LogP contribution in [0.4, 0.5) is 5.69 Å². The molecule has 0 bridgehead atoms. The molecule has 0 atom stereocenters. The van der Waals surface area contributed by atoms with Crippen LogP contribution in [0.1, 0.15) is 5.56 Å². The maximum Gasteiger partial charge on any atom is 0.313 e. The van der Waals surface area contributed by atoms with Gasteiger partial charge in [-0.15, -0.1) is 0 Å². The smallest absolute Gasteiger partial charge is 0.313 e. The molecule has 0 aliphatic carbocycles. The van der Waals surface area contributed by atoms with E-state index in [0.717, 1.165) is 6.07 Å². The van der Waals surface area contributed by atoms with Gasteiger partial charge in [-0.05, 0) is 18.2 Å². The molecule has 0 aliphatic rings. The van der Waals surface area contributed by atoms with Crippen molar-refractivity contribution >= 4 is 44.8 Å². The van der Waals surface area contributed by atoms with Crippen molar-refractivity contribution in [2.45, 2.75) is 0 Å². The Morgan fingerprint density at radius 2 is 1.86 bits per heavy atom. The summed E-state index contributed by atoms with van der Waals surface area (Å²) in [5, 5.41) is 20.3. The van der Waals surface area contributed by atoms with Crippen molar-refractivity contribution in [3.8, 4) is 17.6 Å². The molecule has 0 fully saturated rings. The standard InChI is InChI=1S/C13H5BrCl2N2O3/c14-8-1-2-12(7(3-8)6-17)21-13-5-10(16)9(15)4-11(13)18(19)20/h1-5H. The lowest BCUT2D eigenvalue weighted by atomic mass is 10.2. The summed E-state index contributed by atoms with van der Waals surface area (Å²) in [4.78, 5) is 10.4. The van der Waals surface area contributed by atoms with Gasteiger partial charge in [0.1, 0.15) is 11.8 Å². The minimum absolute atomic E-state index is 0.0482. The number of nitriles is 1. The molecule has 2 aromatic rings. The van der Waals surface area contributed by atoms with Gasteiger partial charge in [-0.25, -0.2) is 0 Å². The second-order valence-electron chi connectivity index (χ2n) is 3.85. The van der Waals surface area contributed by atoms with Crippen molar-refractivity contribution in [1.82, 2.24) is 0 Å². The van der Waals surface area contributed by atoms with E-state index in [1.54, 1.807) is 12.1 Å². The van der Waals surface area contributed by atoms with Crippen molar-refractivity contribution in [1.29, 1.82) is 5.26 Å². The largest absolute Gasteiger partial charge is 0.449 e. The molecular weight excluding hydrogens is 383 g/mol. The highest BCUT2D eigenvalue weighted by Crippen LogP contribution is 2.39. The van der Waals surface area contributed by atoms with E-state index in [0.29, 0.717) is 4.47 Å². The minimum atomic E-state index is -0.636. The molecule has 0 heterocycles. The Balaban J connectivity index is 2.52. The molecule has 8 heteroatoms. The van der Waals surface area contributed by atoms with Crippen LogP contribution in [0.3, 0.4) is 0 Å². The number of nitrogens with zero attached hydrogens (tertiary/aromatic N) is 2. The molecule has 0 N–H and O–H groups in total. The lowest BCUT2D eigenvalue weighted by molar-refractivity contribution is -0.385. The first-order valence-corrected chi connectivity index (χ1v) is 6.98. The predicted molar refractivity (Wildman–Crippen MR) is 82.0 cm³/mol. The van der Waals surface area contributed by atoms with Crippen LogP contribution < -0.4 is 4.74 Å². The Kier molecular flexibility index (Phi) is 4.68. The first-order valence-electron chi connectivity index (χ1n) is 5.43. The minimum Gasteiger partial charge on any atom is -0.449 e. The zero-order valence-electron chi connectivity index (χ0n) is 10.1. The lowest BCUT2D eigenvalue weighted by Gasteiger charge is -2.09. The SMILES string of the molecule is N#Cc1cc(Br)ccc1Oc1cc(Cl)c(Cl)cc1[N+](=O)[O-]. The van der Waals surface area contributed by atoms with Gasteiger partial charge in [-0.1, -0.05) is 39.1 Å². The number of nitro groups is 1. The molecule has 5 nitrogen and oxygen atoms in total. The Labute approximate surface area is 137 Å². The Bertz CT molecular complexity index is 775. The third-order valence-electron chi connectivity index (χ3n) is 2.48. The fraction of sp³-hybridized carbons (Fsp3) is 0. The van der Waals surface area contributed by atoms with Crippen LogP contribution in [0.25, 0.3) is 0 Å². The predicted octanol–water partition coefficient (Wildman–Crippen LogP) is 5.33. The quantitative estimate of drug-likeness (QED) is 0.526. The van der Waals surface area contributed by atoms with Crippen LogP contribution in [0.5, 0.6) is 11.5 Å². The summed E-state index contributed by atoms with van der Waals surface area (Å²) in [5.74, 6) is 0.0930. The average Bonchev–Trinajstić information content (AvgIpc) is 2.44. The third-order valence-corrected chi connectivity index (χ3v) is 3.70. The number of rotatable bonds is 3. The molecule has 0 saturated carbocycles. The van der Waals surface area contributed by atoms with Gasteiger partial charge in [-0.3, -0.25) is 10.1 Å². The number of hydrogen-bond donors (Lipinski definition) is 0. The molecule has 2 aromatic carbocycles. The average molecular weight is 388 g/mol. The van der Waals surface area contributed by atoms with Crippen LogP contribution in [0, 0.1) is 21.4 Å². The summed E-state index contributed by atoms with van der Waals surface area (Å²) in [6.45, 7) is 0. The first-order chi connectivity index (χ1) is 9.92. The maximum absolute atomic E-state index is 11.0. The molecule has 0 aromatic heterocycles. The topological polar surface area (TPSA) is 76.2 Å². The van der Waals surface area contributed by atoms with Gasteiger partial charge >= 0.3 is 5.69 Å². The van der Waals surface area contributed by atoms with E-state index in [1.807, 2.05) is 6.07 Å². The van der Waals surface area contributed by atoms with Gasteiger partial charge in [0.05, 0.1) is 20.5 Å². The summed E-state index contributed by atoms with van der Waals surface area (Å²) in [6, 6.07) is 9.01. The van der Waals surface area contributed by atoms with Gasteiger partial charge in [-0.2, -0.15) is 5.26 Å². The van der Waals surface area contributed by atoms with E-state index >= 15 is 0 Å². The van der Waals surface area contributed by atoms with Crippen molar-refractivity contribution in [3.05, 3.63) is 60.5 Å². The van der Waals surface area contributed by atoms with Gasteiger partial charge in [0, 0.05) is 16.6 Å². The van der Waals surface area contributed by atoms with Crippen LogP contribution >= 0.6 is 39.1 Å². The van der Waals surface area contributed by atoms with Crippen LogP contribution in [0.2, 0.25) is 10.0 Å². The van der Waals surface area contributed by atoms with E-state index in [4.69, 9.17) is 33.2 Å². The normalized spacial score (nSPS) is 10.0. The maximum atomic E-state index is 11.0. The third kappa shape index (κ3) is 3.45. The molecule has 0 amide bonds. The van der Waals surface area contributed by atoms with E-state index in [9.17, 15) is 10.1 Å². The summed E-state index contributed by atoms with van der Waals surface area (Å²) < 4.78 is 6.15. The molecule has 2 rings (SSSR count). The van der Waals surface area contributed by atoms with E-state index in [1.165, 1.54) is 12.1 Å². The number of halogens is 3. The van der Waals surface area contributed by atoms with E-state index in [-0.39, 0.29) is 32.8 Å². The van der Waals surface area contributed by atoms with Crippen LogP contribution in [-0.4, -0.2) is 4.92 Å². The van der Waals surface area contributed by atoms with E-state index < -0.39 is 4.92 Å². The highest BCUT2D eigenvalue weighted by Gasteiger charge is 2.20. The second-order valence-corrected chi connectivity index (χ2v) is 5.58. The Morgan fingerprint density at radius 3 is 2.48 bits per heavy atom. The molecule has 21 heavy (non-hydrogen) atoms. The summed E-state index contributed by atoms with van der Waals surface area (Å²) in [6.07, 6.45) is 0. The zero-order valence-corrected chi connectivity index (χ0v) is 13.2. The van der Waals surface area contributed by atoms with Gasteiger partial charge in [0.25, 0.3) is 0 Å². The molecule has 0 saturated heterocycles. The van der Waals surface area contributed by atoms with Gasteiger partial charge in [0.15, 0.2) is 0 Å².